The third-order valence-corrected chi connectivity index (χ3v) is 3.43. The lowest BCUT2D eigenvalue weighted by molar-refractivity contribution is 0.102. The number of thiazole rings is 1. The van der Waals surface area contributed by atoms with E-state index in [1.807, 2.05) is 37.6 Å². The van der Waals surface area contributed by atoms with Crippen molar-refractivity contribution in [1.29, 1.82) is 0 Å². The van der Waals surface area contributed by atoms with Crippen LogP contribution in [0.3, 0.4) is 0 Å². The summed E-state index contributed by atoms with van der Waals surface area (Å²) in [6.07, 6.45) is 0. The maximum absolute atomic E-state index is 11.9. The second-order valence-electron chi connectivity index (χ2n) is 3.91. The predicted molar refractivity (Wildman–Crippen MR) is 74.0 cm³/mol. The van der Waals surface area contributed by atoms with E-state index in [0.29, 0.717) is 10.7 Å². The average molecular weight is 261 g/mol. The van der Waals surface area contributed by atoms with Gasteiger partial charge >= 0.3 is 0 Å². The lowest BCUT2D eigenvalue weighted by atomic mass is 10.2. The molecule has 18 heavy (non-hydrogen) atoms. The van der Waals surface area contributed by atoms with Gasteiger partial charge < -0.3 is 5.32 Å². The van der Waals surface area contributed by atoms with Crippen molar-refractivity contribution in [2.24, 2.45) is 0 Å². The molecule has 1 aromatic carbocycles. The van der Waals surface area contributed by atoms with Crippen molar-refractivity contribution in [3.05, 3.63) is 47.0 Å². The Morgan fingerprint density at radius 1 is 1.33 bits per heavy atom. The molecular formula is C13H15N3OS. The Balaban J connectivity index is 2.06. The van der Waals surface area contributed by atoms with Crippen LogP contribution in [0.1, 0.15) is 29.0 Å². The Morgan fingerprint density at radius 3 is 2.72 bits per heavy atom. The first kappa shape index (κ1) is 12.7. The van der Waals surface area contributed by atoms with Crippen LogP contribution < -0.4 is 10.6 Å². The highest BCUT2D eigenvalue weighted by Crippen LogP contribution is 2.20. The van der Waals surface area contributed by atoms with Gasteiger partial charge in [0, 0.05) is 17.0 Å². The largest absolute Gasteiger partial charge is 0.312 e. The third-order valence-electron chi connectivity index (χ3n) is 2.66. The zero-order chi connectivity index (χ0) is 13.0. The summed E-state index contributed by atoms with van der Waals surface area (Å²) in [7, 11) is 1.88. The summed E-state index contributed by atoms with van der Waals surface area (Å²) < 4.78 is 0. The zero-order valence-corrected chi connectivity index (χ0v) is 11.1. The number of carbonyl (C=O) groups is 1. The quantitative estimate of drug-likeness (QED) is 0.889. The molecule has 0 fully saturated rings. The Morgan fingerprint density at radius 2 is 2.06 bits per heavy atom. The number of hydrogen-bond donors (Lipinski definition) is 2. The fraction of sp³-hybridized carbons (Fsp3) is 0.231. The molecule has 5 heteroatoms. The summed E-state index contributed by atoms with van der Waals surface area (Å²) in [6, 6.07) is 9.30. The predicted octanol–water partition coefficient (Wildman–Crippen LogP) is 2.68. The SMILES string of the molecule is CNC(C)c1csc(NC(=O)c2ccccc2)n1. The van der Waals surface area contributed by atoms with Gasteiger partial charge in [0.15, 0.2) is 5.13 Å². The first-order valence-electron chi connectivity index (χ1n) is 5.70. The summed E-state index contributed by atoms with van der Waals surface area (Å²) in [5, 5.41) is 8.48. The highest BCUT2D eigenvalue weighted by molar-refractivity contribution is 7.14. The van der Waals surface area contributed by atoms with E-state index in [-0.39, 0.29) is 11.9 Å². The van der Waals surface area contributed by atoms with Crippen LogP contribution in [0, 0.1) is 0 Å². The van der Waals surface area contributed by atoms with Crippen molar-refractivity contribution in [2.45, 2.75) is 13.0 Å². The number of carbonyl (C=O) groups excluding carboxylic acids is 1. The Hall–Kier alpha value is -1.72. The van der Waals surface area contributed by atoms with E-state index in [1.54, 1.807) is 12.1 Å². The number of nitrogens with zero attached hydrogens (tertiary/aromatic N) is 1. The maximum atomic E-state index is 11.9. The number of hydrogen-bond acceptors (Lipinski definition) is 4. The molecule has 94 valence electrons. The second-order valence-corrected chi connectivity index (χ2v) is 4.77. The maximum Gasteiger partial charge on any atom is 0.257 e. The van der Waals surface area contributed by atoms with E-state index in [4.69, 9.17) is 0 Å². The van der Waals surface area contributed by atoms with E-state index < -0.39 is 0 Å². The van der Waals surface area contributed by atoms with Crippen LogP contribution in [-0.2, 0) is 0 Å². The minimum Gasteiger partial charge on any atom is -0.312 e. The van der Waals surface area contributed by atoms with Crippen molar-refractivity contribution in [1.82, 2.24) is 10.3 Å². The molecule has 0 aliphatic rings. The van der Waals surface area contributed by atoms with E-state index >= 15 is 0 Å². The molecule has 1 amide bonds. The molecule has 1 unspecified atom stereocenters. The number of amides is 1. The zero-order valence-electron chi connectivity index (χ0n) is 10.3. The van der Waals surface area contributed by atoms with E-state index in [1.165, 1.54) is 11.3 Å². The van der Waals surface area contributed by atoms with Gasteiger partial charge in [-0.3, -0.25) is 10.1 Å². The number of anilines is 1. The Kier molecular flexibility index (Phi) is 4.07. The monoisotopic (exact) mass is 261 g/mol. The first-order chi connectivity index (χ1) is 8.70. The summed E-state index contributed by atoms with van der Waals surface area (Å²) in [4.78, 5) is 16.3. The molecule has 0 aliphatic heterocycles. The average Bonchev–Trinajstić information content (AvgIpc) is 2.87. The minimum absolute atomic E-state index is 0.131. The van der Waals surface area contributed by atoms with Crippen LogP contribution in [0.2, 0.25) is 0 Å². The van der Waals surface area contributed by atoms with Crippen LogP contribution in [-0.4, -0.2) is 17.9 Å². The normalized spacial score (nSPS) is 12.1. The van der Waals surface area contributed by atoms with Crippen LogP contribution in [0.4, 0.5) is 5.13 Å². The van der Waals surface area contributed by atoms with Gasteiger partial charge in [-0.1, -0.05) is 18.2 Å². The van der Waals surface area contributed by atoms with Gasteiger partial charge in [0.25, 0.3) is 5.91 Å². The van der Waals surface area contributed by atoms with E-state index in [2.05, 4.69) is 15.6 Å². The van der Waals surface area contributed by atoms with Crippen molar-refractivity contribution in [3.8, 4) is 0 Å². The van der Waals surface area contributed by atoms with Crippen molar-refractivity contribution >= 4 is 22.4 Å². The summed E-state index contributed by atoms with van der Waals surface area (Å²) >= 11 is 1.43. The molecule has 0 saturated heterocycles. The van der Waals surface area contributed by atoms with Crippen molar-refractivity contribution in [2.75, 3.05) is 12.4 Å². The molecular weight excluding hydrogens is 246 g/mol. The van der Waals surface area contributed by atoms with E-state index in [0.717, 1.165) is 5.69 Å². The molecule has 0 spiro atoms. The van der Waals surface area contributed by atoms with Gasteiger partial charge in [-0.05, 0) is 26.1 Å². The standard InChI is InChI=1S/C13H15N3OS/c1-9(14-2)11-8-18-13(15-11)16-12(17)10-6-4-3-5-7-10/h3-9,14H,1-2H3,(H,15,16,17). The van der Waals surface area contributed by atoms with Gasteiger partial charge in [-0.25, -0.2) is 4.98 Å². The van der Waals surface area contributed by atoms with E-state index in [9.17, 15) is 4.79 Å². The van der Waals surface area contributed by atoms with Gasteiger partial charge in [-0.15, -0.1) is 11.3 Å². The summed E-state index contributed by atoms with van der Waals surface area (Å²) in [6.45, 7) is 2.03. The summed E-state index contributed by atoms with van der Waals surface area (Å²) in [5.41, 5.74) is 1.57. The van der Waals surface area contributed by atoms with Crippen molar-refractivity contribution in [3.63, 3.8) is 0 Å². The third kappa shape index (κ3) is 2.94. The highest BCUT2D eigenvalue weighted by Gasteiger charge is 2.11. The number of nitrogens with one attached hydrogen (secondary N) is 2. The van der Waals surface area contributed by atoms with Crippen LogP contribution in [0.5, 0.6) is 0 Å². The number of aromatic nitrogens is 1. The molecule has 4 nitrogen and oxygen atoms in total. The molecule has 1 heterocycles. The molecule has 2 aromatic rings. The topological polar surface area (TPSA) is 54.0 Å². The minimum atomic E-state index is -0.131. The number of benzene rings is 1. The Labute approximate surface area is 110 Å². The molecule has 2 N–H and O–H groups in total. The van der Waals surface area contributed by atoms with Crippen LogP contribution in [0.15, 0.2) is 35.7 Å². The summed E-state index contributed by atoms with van der Waals surface area (Å²) in [5.74, 6) is -0.131. The van der Waals surface area contributed by atoms with Gasteiger partial charge in [0.1, 0.15) is 0 Å². The lowest BCUT2D eigenvalue weighted by Crippen LogP contribution is -2.14. The highest BCUT2D eigenvalue weighted by atomic mass is 32.1. The van der Waals surface area contributed by atoms with Gasteiger partial charge in [-0.2, -0.15) is 0 Å². The molecule has 0 radical (unpaired) electrons. The van der Waals surface area contributed by atoms with Crippen LogP contribution >= 0.6 is 11.3 Å². The fourth-order valence-electron chi connectivity index (χ4n) is 1.45. The molecule has 2 rings (SSSR count). The van der Waals surface area contributed by atoms with Crippen LogP contribution in [0.25, 0.3) is 0 Å². The molecule has 1 aromatic heterocycles. The lowest BCUT2D eigenvalue weighted by Gasteiger charge is -2.05. The van der Waals surface area contributed by atoms with Gasteiger partial charge in [0.2, 0.25) is 0 Å². The van der Waals surface area contributed by atoms with Crippen molar-refractivity contribution < 1.29 is 4.79 Å². The Bertz CT molecular complexity index is 524. The molecule has 0 aliphatic carbocycles. The first-order valence-corrected chi connectivity index (χ1v) is 6.57. The molecule has 0 bridgehead atoms. The second kappa shape index (κ2) is 5.75. The number of rotatable bonds is 4. The van der Waals surface area contributed by atoms with Gasteiger partial charge in [0.05, 0.1) is 5.69 Å². The fourth-order valence-corrected chi connectivity index (χ4v) is 2.25. The smallest absolute Gasteiger partial charge is 0.257 e. The molecule has 0 saturated carbocycles. The molecule has 1 atom stereocenters.